The highest BCUT2D eigenvalue weighted by Gasteiger charge is 2.19. The maximum Gasteiger partial charge on any atom is 0.355 e. The first-order chi connectivity index (χ1) is 12.8. The van der Waals surface area contributed by atoms with Gasteiger partial charge >= 0.3 is 5.97 Å². The van der Waals surface area contributed by atoms with Gasteiger partial charge in [0.1, 0.15) is 5.69 Å². The zero-order chi connectivity index (χ0) is 20.0. The molecule has 1 amide bonds. The predicted octanol–water partition coefficient (Wildman–Crippen LogP) is 2.57. The molecule has 0 unspecified atom stereocenters. The Hall–Kier alpha value is -3.16. The highest BCUT2D eigenvalue weighted by atomic mass is 16.6. The van der Waals surface area contributed by atoms with E-state index >= 15 is 0 Å². The Bertz CT molecular complexity index is 824. The van der Waals surface area contributed by atoms with Crippen LogP contribution >= 0.6 is 0 Å². The maximum absolute atomic E-state index is 11.9. The summed E-state index contributed by atoms with van der Waals surface area (Å²) in [6.45, 7) is 4.24. The second-order valence-corrected chi connectivity index (χ2v) is 6.52. The van der Waals surface area contributed by atoms with Crippen LogP contribution in [0.3, 0.4) is 0 Å². The van der Waals surface area contributed by atoms with Crippen molar-refractivity contribution in [1.29, 1.82) is 0 Å². The number of aryl methyl sites for hydroxylation is 1. The molecule has 0 fully saturated rings. The lowest BCUT2D eigenvalue weighted by molar-refractivity contribution is -0.384. The number of benzene rings is 1. The minimum absolute atomic E-state index is 0.0137. The molecule has 144 valence electrons. The zero-order valence-electron chi connectivity index (χ0n) is 15.6. The molecule has 2 aromatic rings. The molecule has 0 saturated heterocycles. The van der Waals surface area contributed by atoms with E-state index in [1.54, 1.807) is 0 Å². The van der Waals surface area contributed by atoms with Crippen molar-refractivity contribution < 1.29 is 19.2 Å². The van der Waals surface area contributed by atoms with E-state index in [1.165, 1.54) is 23.4 Å². The number of nitro groups is 1. The number of hydrogen-bond acceptors (Lipinski definition) is 5. The highest BCUT2D eigenvalue weighted by Crippen LogP contribution is 2.16. The van der Waals surface area contributed by atoms with Gasteiger partial charge in [-0.05, 0) is 23.5 Å². The Balaban J connectivity index is 1.76. The molecule has 0 bridgehead atoms. The first-order valence-electron chi connectivity index (χ1n) is 8.61. The third kappa shape index (κ3) is 5.67. The normalized spacial score (nSPS) is 10.7. The molecule has 1 aromatic carbocycles. The number of hydrogen-bond donors (Lipinski definition) is 1. The Morgan fingerprint density at radius 2 is 1.93 bits per heavy atom. The van der Waals surface area contributed by atoms with E-state index in [1.807, 2.05) is 12.1 Å². The smallest absolute Gasteiger partial charge is 0.355 e. The molecule has 0 atom stereocenters. The van der Waals surface area contributed by atoms with E-state index in [0.717, 1.165) is 11.6 Å². The van der Waals surface area contributed by atoms with Crippen molar-refractivity contribution in [1.82, 2.24) is 9.88 Å². The average molecular weight is 373 g/mol. The van der Waals surface area contributed by atoms with Gasteiger partial charge in [-0.15, -0.1) is 0 Å². The molecule has 2 rings (SSSR count). The van der Waals surface area contributed by atoms with E-state index in [4.69, 9.17) is 4.74 Å². The number of aromatic nitrogens is 1. The zero-order valence-corrected chi connectivity index (χ0v) is 15.6. The van der Waals surface area contributed by atoms with Crippen molar-refractivity contribution >= 4 is 17.6 Å². The number of nitrogens with zero attached hydrogens (tertiary/aromatic N) is 2. The summed E-state index contributed by atoms with van der Waals surface area (Å²) in [7, 11) is 1.49. The van der Waals surface area contributed by atoms with Crippen LogP contribution in [0.25, 0.3) is 0 Å². The van der Waals surface area contributed by atoms with Crippen LogP contribution < -0.4 is 5.32 Å². The van der Waals surface area contributed by atoms with E-state index < -0.39 is 23.4 Å². The summed E-state index contributed by atoms with van der Waals surface area (Å²) in [6.07, 6.45) is 1.88. The topological polar surface area (TPSA) is 103 Å². The highest BCUT2D eigenvalue weighted by molar-refractivity contribution is 5.90. The largest absolute Gasteiger partial charge is 0.451 e. The molecular weight excluding hydrogens is 350 g/mol. The summed E-state index contributed by atoms with van der Waals surface area (Å²) < 4.78 is 6.21. The van der Waals surface area contributed by atoms with E-state index in [0.29, 0.717) is 18.9 Å². The number of carbonyl (C=O) groups excluding carboxylic acids is 2. The van der Waals surface area contributed by atoms with Crippen LogP contribution in [0.1, 0.15) is 41.4 Å². The number of amides is 1. The summed E-state index contributed by atoms with van der Waals surface area (Å²) >= 11 is 0. The van der Waals surface area contributed by atoms with Crippen molar-refractivity contribution in [2.75, 3.05) is 13.2 Å². The van der Waals surface area contributed by atoms with E-state index in [-0.39, 0.29) is 11.4 Å². The monoisotopic (exact) mass is 373 g/mol. The SMILES string of the molecule is CC(C)c1ccc(CCNC(=O)COC(=O)c2cc([N+](=O)[O-])cn2C)cc1. The number of nitrogens with one attached hydrogen (secondary N) is 1. The fourth-order valence-corrected chi connectivity index (χ4v) is 2.52. The third-order valence-electron chi connectivity index (χ3n) is 4.13. The van der Waals surface area contributed by atoms with Crippen molar-refractivity contribution in [3.8, 4) is 0 Å². The van der Waals surface area contributed by atoms with Crippen molar-refractivity contribution in [2.24, 2.45) is 7.05 Å². The van der Waals surface area contributed by atoms with Gasteiger partial charge in [0.25, 0.3) is 11.6 Å². The molecule has 0 aliphatic heterocycles. The van der Waals surface area contributed by atoms with Crippen molar-refractivity contribution in [2.45, 2.75) is 26.2 Å². The molecule has 8 nitrogen and oxygen atoms in total. The van der Waals surface area contributed by atoms with Crippen molar-refractivity contribution in [3.05, 3.63) is 63.5 Å². The summed E-state index contributed by atoms with van der Waals surface area (Å²) in [6, 6.07) is 9.32. The van der Waals surface area contributed by atoms with Gasteiger partial charge in [0.15, 0.2) is 6.61 Å². The number of esters is 1. The van der Waals surface area contributed by atoms with Gasteiger partial charge in [0.2, 0.25) is 0 Å². The molecule has 0 aliphatic rings. The van der Waals surface area contributed by atoms with Crippen LogP contribution in [0.2, 0.25) is 0 Å². The summed E-state index contributed by atoms with van der Waals surface area (Å²) in [5.74, 6) is -0.741. The van der Waals surface area contributed by atoms with Crippen LogP contribution in [-0.4, -0.2) is 34.5 Å². The molecule has 1 N–H and O–H groups in total. The fourth-order valence-electron chi connectivity index (χ4n) is 2.52. The first kappa shape index (κ1) is 20.2. The van der Waals surface area contributed by atoms with Gasteiger partial charge in [-0.3, -0.25) is 14.9 Å². The van der Waals surface area contributed by atoms with Crippen LogP contribution in [0.4, 0.5) is 5.69 Å². The van der Waals surface area contributed by atoms with Gasteiger partial charge in [0, 0.05) is 19.7 Å². The summed E-state index contributed by atoms with van der Waals surface area (Å²) in [5.41, 5.74) is 2.17. The quantitative estimate of drug-likeness (QED) is 0.435. The second kappa shape index (κ2) is 8.98. The predicted molar refractivity (Wildman–Crippen MR) is 99.6 cm³/mol. The lowest BCUT2D eigenvalue weighted by Crippen LogP contribution is -2.30. The Labute approximate surface area is 157 Å². The van der Waals surface area contributed by atoms with Gasteiger partial charge in [-0.25, -0.2) is 4.79 Å². The molecular formula is C19H23N3O5. The van der Waals surface area contributed by atoms with Crippen LogP contribution in [0, 0.1) is 10.1 Å². The first-order valence-corrected chi connectivity index (χ1v) is 8.61. The summed E-state index contributed by atoms with van der Waals surface area (Å²) in [4.78, 5) is 33.9. The number of rotatable bonds is 8. The van der Waals surface area contributed by atoms with Crippen LogP contribution in [0.5, 0.6) is 0 Å². The Kier molecular flexibility index (Phi) is 6.70. The summed E-state index contributed by atoms with van der Waals surface area (Å²) in [5, 5.41) is 13.4. The average Bonchev–Trinajstić information content (AvgIpc) is 3.02. The van der Waals surface area contributed by atoms with Gasteiger partial charge < -0.3 is 14.6 Å². The van der Waals surface area contributed by atoms with E-state index in [2.05, 4.69) is 31.3 Å². The molecule has 0 spiro atoms. The Morgan fingerprint density at radius 1 is 1.26 bits per heavy atom. The van der Waals surface area contributed by atoms with Gasteiger partial charge in [-0.2, -0.15) is 0 Å². The van der Waals surface area contributed by atoms with Crippen LogP contribution in [0.15, 0.2) is 36.5 Å². The molecule has 27 heavy (non-hydrogen) atoms. The standard InChI is InChI=1S/C19H23N3O5/c1-13(2)15-6-4-14(5-7-15)8-9-20-18(23)12-27-19(24)17-10-16(22(25)26)11-21(17)3/h4-7,10-11,13H,8-9,12H2,1-3H3,(H,20,23). The Morgan fingerprint density at radius 3 is 2.48 bits per heavy atom. The van der Waals surface area contributed by atoms with Gasteiger partial charge in [0.05, 0.1) is 11.1 Å². The maximum atomic E-state index is 11.9. The molecule has 1 aromatic heterocycles. The van der Waals surface area contributed by atoms with Crippen LogP contribution in [-0.2, 0) is 23.0 Å². The molecule has 0 radical (unpaired) electrons. The molecule has 1 heterocycles. The van der Waals surface area contributed by atoms with Crippen molar-refractivity contribution in [3.63, 3.8) is 0 Å². The lowest BCUT2D eigenvalue weighted by Gasteiger charge is -2.08. The minimum atomic E-state index is -0.787. The van der Waals surface area contributed by atoms with E-state index in [9.17, 15) is 19.7 Å². The number of ether oxygens (including phenoxy) is 1. The second-order valence-electron chi connectivity index (χ2n) is 6.52. The van der Waals surface area contributed by atoms with Gasteiger partial charge in [-0.1, -0.05) is 38.1 Å². The number of carbonyl (C=O) groups is 2. The third-order valence-corrected chi connectivity index (χ3v) is 4.13. The molecule has 0 aliphatic carbocycles. The molecule has 8 heteroatoms. The minimum Gasteiger partial charge on any atom is -0.451 e. The lowest BCUT2D eigenvalue weighted by atomic mass is 10.0. The molecule has 0 saturated carbocycles. The fraction of sp³-hybridized carbons (Fsp3) is 0.368.